The lowest BCUT2D eigenvalue weighted by atomic mass is 10.0. The fraction of sp³-hybridized carbons (Fsp3) is 0.375. The standard InChI is InChI=1S/C16H21N3O/c1-11(2)9-13(10-17)19-16(20)15-14-6-4-3-5-12(14)7-8-18-15/h3-8,11,13H,9-10,17H2,1-2H3,(H,19,20). The molecule has 1 unspecified atom stereocenters. The third-order valence-electron chi connectivity index (χ3n) is 3.26. The summed E-state index contributed by atoms with van der Waals surface area (Å²) in [5.74, 6) is 0.335. The molecular weight excluding hydrogens is 250 g/mol. The molecule has 2 aromatic rings. The molecule has 4 heteroatoms. The SMILES string of the molecule is CC(C)CC(CN)NC(=O)c1nccc2ccccc12. The van der Waals surface area contributed by atoms with Crippen molar-refractivity contribution in [3.8, 4) is 0 Å². The predicted octanol–water partition coefficient (Wildman–Crippen LogP) is 2.34. The second-order valence-electron chi connectivity index (χ2n) is 5.42. The fourth-order valence-corrected chi connectivity index (χ4v) is 2.34. The average molecular weight is 271 g/mol. The van der Waals surface area contributed by atoms with E-state index in [0.29, 0.717) is 18.2 Å². The Morgan fingerprint density at radius 1 is 1.30 bits per heavy atom. The molecule has 0 spiro atoms. The summed E-state index contributed by atoms with van der Waals surface area (Å²) in [6.45, 7) is 4.67. The van der Waals surface area contributed by atoms with E-state index in [0.717, 1.165) is 17.2 Å². The molecule has 3 N–H and O–H groups in total. The van der Waals surface area contributed by atoms with Crippen molar-refractivity contribution in [2.75, 3.05) is 6.54 Å². The van der Waals surface area contributed by atoms with E-state index in [1.807, 2.05) is 30.3 Å². The molecule has 106 valence electrons. The van der Waals surface area contributed by atoms with Gasteiger partial charge in [0.15, 0.2) is 0 Å². The number of hydrogen-bond acceptors (Lipinski definition) is 3. The van der Waals surface area contributed by atoms with Gasteiger partial charge in [0.05, 0.1) is 0 Å². The summed E-state index contributed by atoms with van der Waals surface area (Å²) in [5, 5.41) is 4.86. The van der Waals surface area contributed by atoms with Gasteiger partial charge in [-0.05, 0) is 23.8 Å². The monoisotopic (exact) mass is 271 g/mol. The van der Waals surface area contributed by atoms with Gasteiger partial charge in [0.1, 0.15) is 5.69 Å². The minimum atomic E-state index is -0.155. The molecule has 0 radical (unpaired) electrons. The number of nitrogens with zero attached hydrogens (tertiary/aromatic N) is 1. The van der Waals surface area contributed by atoms with Crippen molar-refractivity contribution in [3.63, 3.8) is 0 Å². The van der Waals surface area contributed by atoms with Crippen LogP contribution in [0.3, 0.4) is 0 Å². The highest BCUT2D eigenvalue weighted by Crippen LogP contribution is 2.16. The summed E-state index contributed by atoms with van der Waals surface area (Å²) in [7, 11) is 0. The molecule has 0 saturated carbocycles. The highest BCUT2D eigenvalue weighted by molar-refractivity contribution is 6.05. The van der Waals surface area contributed by atoms with Crippen LogP contribution in [0.5, 0.6) is 0 Å². The molecular formula is C16H21N3O. The number of benzene rings is 1. The van der Waals surface area contributed by atoms with Gasteiger partial charge in [-0.1, -0.05) is 38.1 Å². The second-order valence-corrected chi connectivity index (χ2v) is 5.42. The van der Waals surface area contributed by atoms with E-state index in [9.17, 15) is 4.79 Å². The number of aromatic nitrogens is 1. The van der Waals surface area contributed by atoms with Gasteiger partial charge in [0, 0.05) is 24.2 Å². The van der Waals surface area contributed by atoms with Gasteiger partial charge in [0.2, 0.25) is 0 Å². The lowest BCUT2D eigenvalue weighted by Gasteiger charge is -2.18. The molecule has 0 fully saturated rings. The van der Waals surface area contributed by atoms with E-state index in [4.69, 9.17) is 5.73 Å². The second kappa shape index (κ2) is 6.48. The maximum Gasteiger partial charge on any atom is 0.270 e. The Morgan fingerprint density at radius 3 is 2.75 bits per heavy atom. The van der Waals surface area contributed by atoms with E-state index in [-0.39, 0.29) is 11.9 Å². The number of carbonyl (C=O) groups excluding carboxylic acids is 1. The zero-order valence-electron chi connectivity index (χ0n) is 12.0. The van der Waals surface area contributed by atoms with Gasteiger partial charge in [0.25, 0.3) is 5.91 Å². The molecule has 1 amide bonds. The maximum absolute atomic E-state index is 12.4. The van der Waals surface area contributed by atoms with E-state index in [1.54, 1.807) is 6.20 Å². The molecule has 1 atom stereocenters. The van der Waals surface area contributed by atoms with Crippen LogP contribution in [0.2, 0.25) is 0 Å². The number of amides is 1. The van der Waals surface area contributed by atoms with Crippen LogP contribution in [-0.2, 0) is 0 Å². The minimum Gasteiger partial charge on any atom is -0.347 e. The van der Waals surface area contributed by atoms with Crippen LogP contribution in [-0.4, -0.2) is 23.5 Å². The molecule has 0 aliphatic rings. The van der Waals surface area contributed by atoms with Crippen LogP contribution in [0, 0.1) is 5.92 Å². The van der Waals surface area contributed by atoms with Crippen molar-refractivity contribution in [1.82, 2.24) is 10.3 Å². The zero-order valence-corrected chi connectivity index (χ0v) is 12.0. The van der Waals surface area contributed by atoms with E-state index < -0.39 is 0 Å². The lowest BCUT2D eigenvalue weighted by molar-refractivity contribution is 0.0930. The number of fused-ring (bicyclic) bond motifs is 1. The number of nitrogens with one attached hydrogen (secondary N) is 1. The molecule has 4 nitrogen and oxygen atoms in total. The van der Waals surface area contributed by atoms with Crippen molar-refractivity contribution in [2.45, 2.75) is 26.3 Å². The summed E-state index contributed by atoms with van der Waals surface area (Å²) in [6, 6.07) is 9.64. The fourth-order valence-electron chi connectivity index (χ4n) is 2.34. The summed E-state index contributed by atoms with van der Waals surface area (Å²) < 4.78 is 0. The summed E-state index contributed by atoms with van der Waals surface area (Å²) in [6.07, 6.45) is 2.53. The number of hydrogen-bond donors (Lipinski definition) is 2. The topological polar surface area (TPSA) is 68.0 Å². The van der Waals surface area contributed by atoms with Crippen molar-refractivity contribution in [2.24, 2.45) is 11.7 Å². The van der Waals surface area contributed by atoms with Crippen LogP contribution in [0.4, 0.5) is 0 Å². The van der Waals surface area contributed by atoms with Crippen LogP contribution >= 0.6 is 0 Å². The van der Waals surface area contributed by atoms with Crippen LogP contribution in [0.1, 0.15) is 30.8 Å². The van der Waals surface area contributed by atoms with Gasteiger partial charge in [-0.25, -0.2) is 0 Å². The first-order valence-electron chi connectivity index (χ1n) is 6.96. The van der Waals surface area contributed by atoms with Gasteiger partial charge < -0.3 is 11.1 Å². The quantitative estimate of drug-likeness (QED) is 0.877. The first kappa shape index (κ1) is 14.5. The van der Waals surface area contributed by atoms with Crippen molar-refractivity contribution < 1.29 is 4.79 Å². The van der Waals surface area contributed by atoms with Crippen LogP contribution < -0.4 is 11.1 Å². The average Bonchev–Trinajstić information content (AvgIpc) is 2.45. The predicted molar refractivity (Wildman–Crippen MR) is 81.5 cm³/mol. The Labute approximate surface area is 119 Å². The number of nitrogens with two attached hydrogens (primary N) is 1. The molecule has 1 heterocycles. The van der Waals surface area contributed by atoms with Gasteiger partial charge in [-0.15, -0.1) is 0 Å². The highest BCUT2D eigenvalue weighted by atomic mass is 16.1. The van der Waals surface area contributed by atoms with E-state index >= 15 is 0 Å². The summed E-state index contributed by atoms with van der Waals surface area (Å²) in [5.41, 5.74) is 6.19. The molecule has 0 aliphatic heterocycles. The zero-order chi connectivity index (χ0) is 14.5. The number of rotatable bonds is 5. The Bertz CT molecular complexity index is 590. The molecule has 1 aromatic heterocycles. The van der Waals surface area contributed by atoms with Gasteiger partial charge in [-0.2, -0.15) is 0 Å². The molecule has 0 bridgehead atoms. The Balaban J connectivity index is 2.23. The third kappa shape index (κ3) is 3.33. The number of pyridine rings is 1. The van der Waals surface area contributed by atoms with Crippen LogP contribution in [0.25, 0.3) is 10.8 Å². The van der Waals surface area contributed by atoms with Gasteiger partial charge in [-0.3, -0.25) is 9.78 Å². The summed E-state index contributed by atoms with van der Waals surface area (Å²) >= 11 is 0. The lowest BCUT2D eigenvalue weighted by Crippen LogP contribution is -2.41. The van der Waals surface area contributed by atoms with E-state index in [2.05, 4.69) is 24.1 Å². The van der Waals surface area contributed by atoms with Crippen molar-refractivity contribution in [3.05, 3.63) is 42.2 Å². The van der Waals surface area contributed by atoms with E-state index in [1.165, 1.54) is 0 Å². The third-order valence-corrected chi connectivity index (χ3v) is 3.26. The molecule has 1 aromatic carbocycles. The van der Waals surface area contributed by atoms with Gasteiger partial charge >= 0.3 is 0 Å². The molecule has 2 rings (SSSR count). The molecule has 20 heavy (non-hydrogen) atoms. The van der Waals surface area contributed by atoms with Crippen LogP contribution in [0.15, 0.2) is 36.5 Å². The first-order chi connectivity index (χ1) is 9.61. The minimum absolute atomic E-state index is 0.0109. The molecule has 0 saturated heterocycles. The Hall–Kier alpha value is -1.94. The normalized spacial score (nSPS) is 12.6. The van der Waals surface area contributed by atoms with Crippen molar-refractivity contribution >= 4 is 16.7 Å². The summed E-state index contributed by atoms with van der Waals surface area (Å²) in [4.78, 5) is 16.6. The Morgan fingerprint density at radius 2 is 2.05 bits per heavy atom. The Kier molecular flexibility index (Phi) is 4.69. The largest absolute Gasteiger partial charge is 0.347 e. The molecule has 0 aliphatic carbocycles. The van der Waals surface area contributed by atoms with Crippen molar-refractivity contribution in [1.29, 1.82) is 0 Å². The maximum atomic E-state index is 12.4. The smallest absolute Gasteiger partial charge is 0.270 e. The number of carbonyl (C=O) groups is 1. The first-order valence-corrected chi connectivity index (χ1v) is 6.96. The highest BCUT2D eigenvalue weighted by Gasteiger charge is 2.16.